The lowest BCUT2D eigenvalue weighted by Crippen LogP contribution is -2.49. The van der Waals surface area contributed by atoms with E-state index in [9.17, 15) is 0 Å². The Balaban J connectivity index is 2.12. The van der Waals surface area contributed by atoms with Gasteiger partial charge < -0.3 is 4.84 Å². The number of aryl methyl sites for hydroxylation is 1. The van der Waals surface area contributed by atoms with Crippen LogP contribution in [0.25, 0.3) is 0 Å². The molecule has 3 rings (SSSR count). The molecule has 114 valence electrons. The highest BCUT2D eigenvalue weighted by molar-refractivity contribution is 6.03. The lowest BCUT2D eigenvalue weighted by atomic mass is 9.92. The van der Waals surface area contributed by atoms with Gasteiger partial charge in [0.25, 0.3) is 5.72 Å². The minimum absolute atomic E-state index is 0.115. The largest absolute Gasteiger partial charge is 0.356 e. The molecule has 1 aliphatic heterocycles. The van der Waals surface area contributed by atoms with Crippen molar-refractivity contribution in [2.75, 3.05) is 4.90 Å². The Morgan fingerprint density at radius 2 is 1.55 bits per heavy atom. The topological polar surface area (TPSA) is 24.8 Å². The number of allylic oxidation sites excluding steroid dienone is 4. The minimum atomic E-state index is -0.693. The van der Waals surface area contributed by atoms with Crippen molar-refractivity contribution in [2.45, 2.75) is 33.4 Å². The Bertz CT molecular complexity index is 656. The van der Waals surface area contributed by atoms with E-state index < -0.39 is 5.72 Å². The molecule has 3 nitrogen and oxygen atoms in total. The Morgan fingerprint density at radius 1 is 0.955 bits per heavy atom. The third kappa shape index (κ3) is 2.47. The lowest BCUT2D eigenvalue weighted by molar-refractivity contribution is 0.0607. The molecule has 0 N–H and O–H groups in total. The van der Waals surface area contributed by atoms with Gasteiger partial charge in [0.2, 0.25) is 0 Å². The summed E-state index contributed by atoms with van der Waals surface area (Å²) in [6, 6.07) is 8.47. The van der Waals surface area contributed by atoms with Crippen LogP contribution in [0.1, 0.15) is 26.3 Å². The number of oxime groups is 1. The first-order chi connectivity index (χ1) is 10.4. The fourth-order valence-electron chi connectivity index (χ4n) is 2.63. The van der Waals surface area contributed by atoms with Crippen molar-refractivity contribution in [3.05, 3.63) is 66.3 Å². The van der Waals surface area contributed by atoms with Crippen molar-refractivity contribution in [2.24, 2.45) is 10.6 Å². The molecule has 0 saturated heterocycles. The Morgan fingerprint density at radius 3 is 2.09 bits per heavy atom. The summed E-state index contributed by atoms with van der Waals surface area (Å²) >= 11 is 0. The van der Waals surface area contributed by atoms with Crippen LogP contribution in [0.4, 0.5) is 5.69 Å². The van der Waals surface area contributed by atoms with E-state index in [0.717, 1.165) is 11.5 Å². The first kappa shape index (κ1) is 14.6. The average Bonchev–Trinajstić information content (AvgIpc) is 2.67. The summed E-state index contributed by atoms with van der Waals surface area (Å²) in [6.07, 6.45) is 12.1. The number of nitrogens with zero attached hydrogens (tertiary/aromatic N) is 2. The first-order valence-electron chi connectivity index (χ1n) is 7.60. The summed E-state index contributed by atoms with van der Waals surface area (Å²) in [7, 11) is 0. The molecule has 1 aromatic carbocycles. The summed E-state index contributed by atoms with van der Waals surface area (Å²) < 4.78 is 0. The van der Waals surface area contributed by atoms with Crippen LogP contribution in [0, 0.1) is 12.3 Å². The SMILES string of the molecule is Cc1ccc(N2C(C(C)(C)C)=NOC23C=CC=CC=C3)cc1. The van der Waals surface area contributed by atoms with Crippen molar-refractivity contribution in [3.63, 3.8) is 0 Å². The van der Waals surface area contributed by atoms with E-state index in [1.165, 1.54) is 5.56 Å². The lowest BCUT2D eigenvalue weighted by Gasteiger charge is -2.36. The highest BCUT2D eigenvalue weighted by Gasteiger charge is 2.46. The molecule has 0 amide bonds. The van der Waals surface area contributed by atoms with Gasteiger partial charge in [-0.3, -0.25) is 4.90 Å². The molecular weight excluding hydrogens is 272 g/mol. The zero-order chi connectivity index (χ0) is 15.8. The fraction of sp³-hybridized carbons (Fsp3) is 0.316. The van der Waals surface area contributed by atoms with Crippen LogP contribution < -0.4 is 4.90 Å². The molecule has 0 bridgehead atoms. The highest BCUT2D eigenvalue weighted by Crippen LogP contribution is 2.39. The average molecular weight is 294 g/mol. The smallest absolute Gasteiger partial charge is 0.253 e. The van der Waals surface area contributed by atoms with E-state index in [0.29, 0.717) is 0 Å². The molecule has 0 fully saturated rings. The third-order valence-corrected chi connectivity index (χ3v) is 3.81. The van der Waals surface area contributed by atoms with Gasteiger partial charge in [-0.25, -0.2) is 0 Å². The van der Waals surface area contributed by atoms with E-state index in [4.69, 9.17) is 4.84 Å². The van der Waals surface area contributed by atoms with Gasteiger partial charge in [-0.05, 0) is 31.2 Å². The second-order valence-corrected chi connectivity index (χ2v) is 6.78. The molecule has 22 heavy (non-hydrogen) atoms. The van der Waals surface area contributed by atoms with Gasteiger partial charge in [-0.15, -0.1) is 0 Å². The molecule has 3 heteroatoms. The van der Waals surface area contributed by atoms with Crippen LogP contribution in [0.3, 0.4) is 0 Å². The van der Waals surface area contributed by atoms with Crippen LogP contribution in [-0.2, 0) is 4.84 Å². The summed E-state index contributed by atoms with van der Waals surface area (Å²) in [5.74, 6) is 0.924. The van der Waals surface area contributed by atoms with Gasteiger partial charge in [-0.2, -0.15) is 0 Å². The van der Waals surface area contributed by atoms with Crippen LogP contribution in [0.5, 0.6) is 0 Å². The summed E-state index contributed by atoms with van der Waals surface area (Å²) in [4.78, 5) is 8.07. The van der Waals surface area contributed by atoms with Crippen LogP contribution in [-0.4, -0.2) is 11.6 Å². The molecule has 0 unspecified atom stereocenters. The molecule has 0 saturated carbocycles. The van der Waals surface area contributed by atoms with Gasteiger partial charge in [0, 0.05) is 11.1 Å². The van der Waals surface area contributed by atoms with Crippen LogP contribution in [0.15, 0.2) is 65.9 Å². The normalized spacial score (nSPS) is 19.3. The number of hydrogen-bond acceptors (Lipinski definition) is 3. The molecule has 0 radical (unpaired) electrons. The predicted octanol–water partition coefficient (Wildman–Crippen LogP) is 4.57. The highest BCUT2D eigenvalue weighted by atomic mass is 16.7. The minimum Gasteiger partial charge on any atom is -0.356 e. The number of rotatable bonds is 1. The van der Waals surface area contributed by atoms with Gasteiger partial charge in [0.15, 0.2) is 5.84 Å². The standard InChI is InChI=1S/C19H22N2O/c1-15-9-11-16(12-10-15)21-17(18(2,3)4)20-22-19(21)13-7-5-6-8-14-19/h5-14H,1-4H3. The molecule has 1 spiro atoms. The number of hydrogen-bond donors (Lipinski definition) is 0. The Hall–Kier alpha value is -2.29. The zero-order valence-electron chi connectivity index (χ0n) is 13.6. The third-order valence-electron chi connectivity index (χ3n) is 3.81. The first-order valence-corrected chi connectivity index (χ1v) is 7.60. The maximum atomic E-state index is 5.90. The number of benzene rings is 1. The van der Waals surface area contributed by atoms with Gasteiger partial charge in [-0.1, -0.05) is 67.9 Å². The van der Waals surface area contributed by atoms with Crippen LogP contribution in [0.2, 0.25) is 0 Å². The summed E-state index contributed by atoms with van der Waals surface area (Å²) in [6.45, 7) is 8.54. The van der Waals surface area contributed by atoms with Crippen molar-refractivity contribution in [1.29, 1.82) is 0 Å². The van der Waals surface area contributed by atoms with E-state index in [2.05, 4.69) is 62.0 Å². The zero-order valence-corrected chi connectivity index (χ0v) is 13.6. The molecule has 1 heterocycles. The molecule has 2 aliphatic rings. The van der Waals surface area contributed by atoms with E-state index in [1.54, 1.807) is 0 Å². The maximum Gasteiger partial charge on any atom is 0.253 e. The Labute approximate surface area is 132 Å². The van der Waals surface area contributed by atoms with Gasteiger partial charge in [0.1, 0.15) is 0 Å². The van der Waals surface area contributed by atoms with E-state index in [1.807, 2.05) is 36.5 Å². The van der Waals surface area contributed by atoms with Crippen molar-refractivity contribution in [1.82, 2.24) is 0 Å². The second kappa shape index (κ2) is 5.16. The van der Waals surface area contributed by atoms with Crippen molar-refractivity contribution >= 4 is 11.5 Å². The maximum absolute atomic E-state index is 5.90. The Kier molecular flexibility index (Phi) is 3.44. The van der Waals surface area contributed by atoms with Gasteiger partial charge >= 0.3 is 0 Å². The quantitative estimate of drug-likeness (QED) is 0.758. The molecule has 1 aliphatic carbocycles. The predicted molar refractivity (Wildman–Crippen MR) is 91.8 cm³/mol. The van der Waals surface area contributed by atoms with E-state index >= 15 is 0 Å². The monoisotopic (exact) mass is 294 g/mol. The number of amidine groups is 1. The summed E-state index contributed by atoms with van der Waals surface area (Å²) in [5, 5.41) is 4.42. The molecule has 0 atom stereocenters. The second-order valence-electron chi connectivity index (χ2n) is 6.78. The number of anilines is 1. The summed E-state index contributed by atoms with van der Waals surface area (Å²) in [5.41, 5.74) is 1.51. The molecule has 0 aromatic heterocycles. The molecule has 1 aromatic rings. The van der Waals surface area contributed by atoms with Crippen LogP contribution >= 0.6 is 0 Å². The fourth-order valence-corrected chi connectivity index (χ4v) is 2.63. The molecular formula is C19H22N2O. The van der Waals surface area contributed by atoms with Gasteiger partial charge in [0.05, 0.1) is 0 Å². The van der Waals surface area contributed by atoms with E-state index in [-0.39, 0.29) is 5.41 Å². The van der Waals surface area contributed by atoms with Crippen molar-refractivity contribution in [3.8, 4) is 0 Å². The van der Waals surface area contributed by atoms with Crippen molar-refractivity contribution < 1.29 is 4.84 Å².